The number of carbonyl (C=O) groups is 1. The molecule has 1 fully saturated rings. The quantitative estimate of drug-likeness (QED) is 0.110. The van der Waals surface area contributed by atoms with E-state index in [4.69, 9.17) is 37.4 Å². The summed E-state index contributed by atoms with van der Waals surface area (Å²) in [5, 5.41) is 1.09. The fraction of sp³-hybridized carbons (Fsp3) is 0.256. The molecule has 0 aliphatic carbocycles. The predicted molar refractivity (Wildman–Crippen MR) is 219 cm³/mol. The van der Waals surface area contributed by atoms with E-state index in [1.807, 2.05) is 67.3 Å². The lowest BCUT2D eigenvalue weighted by atomic mass is 10.0. The Bertz CT molecular complexity index is 1970. The maximum absolute atomic E-state index is 13.3. The Kier molecular flexibility index (Phi) is 14.4. The highest BCUT2D eigenvalue weighted by molar-refractivity contribution is 8.93. The van der Waals surface area contributed by atoms with Crippen molar-refractivity contribution in [3.63, 3.8) is 0 Å². The van der Waals surface area contributed by atoms with Crippen LogP contribution >= 0.6 is 40.2 Å². The molecule has 1 aliphatic rings. The topological polar surface area (TPSA) is 64.1 Å². The van der Waals surface area contributed by atoms with Crippen LogP contribution in [-0.2, 0) is 24.4 Å². The first kappa shape index (κ1) is 39.9. The van der Waals surface area contributed by atoms with Gasteiger partial charge in [-0.15, -0.1) is 17.0 Å². The molecular formula is C43H44BrCl2N3O4. The van der Waals surface area contributed by atoms with Gasteiger partial charge in [-0.05, 0) is 85.0 Å². The van der Waals surface area contributed by atoms with Gasteiger partial charge in [0.1, 0.15) is 18.1 Å². The summed E-state index contributed by atoms with van der Waals surface area (Å²) in [5.74, 6) is 2.41. The molecule has 1 amide bonds. The number of benzene rings is 4. The van der Waals surface area contributed by atoms with Crippen LogP contribution in [0.15, 0.2) is 109 Å². The number of piperazine rings is 1. The van der Waals surface area contributed by atoms with Crippen molar-refractivity contribution in [2.75, 3.05) is 32.8 Å². The van der Waals surface area contributed by atoms with Crippen molar-refractivity contribution in [3.05, 3.63) is 153 Å². The molecule has 0 atom stereocenters. The third kappa shape index (κ3) is 11.3. The summed E-state index contributed by atoms with van der Waals surface area (Å²) in [6.07, 6.45) is 4.16. The summed E-state index contributed by atoms with van der Waals surface area (Å²) >= 11 is 12.9. The second-order valence-electron chi connectivity index (χ2n) is 13.1. The van der Waals surface area contributed by atoms with Gasteiger partial charge in [-0.1, -0.05) is 83.4 Å². The molecule has 0 N–H and O–H groups in total. The Morgan fingerprint density at radius 2 is 1.51 bits per heavy atom. The summed E-state index contributed by atoms with van der Waals surface area (Å²) in [4.78, 5) is 22.0. The number of halogens is 3. The number of pyridine rings is 1. The number of allylic oxidation sites excluding steroid dienone is 1. The predicted octanol–water partition coefficient (Wildman–Crippen LogP) is 10.3. The number of hydrogen-bond acceptors (Lipinski definition) is 6. The van der Waals surface area contributed by atoms with Crippen LogP contribution < -0.4 is 14.2 Å². The maximum atomic E-state index is 13.3. The van der Waals surface area contributed by atoms with Crippen LogP contribution in [0.5, 0.6) is 23.1 Å². The summed E-state index contributed by atoms with van der Waals surface area (Å²) < 4.78 is 17.8. The maximum Gasteiger partial charge on any atom is 0.246 e. The first-order chi connectivity index (χ1) is 25.2. The van der Waals surface area contributed by atoms with Crippen molar-refractivity contribution in [1.29, 1.82) is 0 Å². The molecule has 1 aliphatic heterocycles. The molecule has 2 heterocycles. The van der Waals surface area contributed by atoms with Gasteiger partial charge < -0.3 is 19.1 Å². The van der Waals surface area contributed by atoms with E-state index in [1.54, 1.807) is 24.4 Å². The van der Waals surface area contributed by atoms with Crippen molar-refractivity contribution >= 4 is 51.7 Å². The van der Waals surface area contributed by atoms with Crippen LogP contribution in [0.25, 0.3) is 5.57 Å². The first-order valence-electron chi connectivity index (χ1n) is 17.5. The van der Waals surface area contributed by atoms with Crippen LogP contribution in [0.2, 0.25) is 10.0 Å². The third-order valence-corrected chi connectivity index (χ3v) is 9.74. The van der Waals surface area contributed by atoms with E-state index < -0.39 is 0 Å². The highest BCUT2D eigenvalue weighted by Gasteiger charge is 2.21. The van der Waals surface area contributed by atoms with Gasteiger partial charge in [0.15, 0.2) is 5.75 Å². The second kappa shape index (κ2) is 19.1. The van der Waals surface area contributed by atoms with Gasteiger partial charge in [-0.25, -0.2) is 4.98 Å². The zero-order chi connectivity index (χ0) is 36.5. The molecule has 0 saturated carbocycles. The molecule has 53 heavy (non-hydrogen) atoms. The molecule has 7 nitrogen and oxygen atoms in total. The smallest absolute Gasteiger partial charge is 0.246 e. The minimum absolute atomic E-state index is 0. The fourth-order valence-corrected chi connectivity index (χ4v) is 6.45. The largest absolute Gasteiger partial charge is 0.493 e. The Hall–Kier alpha value is -4.34. The lowest BCUT2D eigenvalue weighted by Gasteiger charge is -2.34. The monoisotopic (exact) mass is 815 g/mol. The van der Waals surface area contributed by atoms with Crippen molar-refractivity contribution in [1.82, 2.24) is 14.8 Å². The normalized spacial score (nSPS) is 13.3. The van der Waals surface area contributed by atoms with Crippen LogP contribution in [0.1, 0.15) is 40.3 Å². The summed E-state index contributed by atoms with van der Waals surface area (Å²) in [5.41, 5.74) is 7.18. The Labute approximate surface area is 332 Å². The summed E-state index contributed by atoms with van der Waals surface area (Å²) in [6.45, 7) is 10.8. The van der Waals surface area contributed by atoms with Crippen LogP contribution in [-0.4, -0.2) is 53.5 Å². The lowest BCUT2D eigenvalue weighted by Crippen LogP contribution is -2.47. The van der Waals surface area contributed by atoms with Crippen LogP contribution in [0, 0.1) is 13.8 Å². The van der Waals surface area contributed by atoms with Crippen LogP contribution in [0.3, 0.4) is 0 Å². The minimum Gasteiger partial charge on any atom is -0.493 e. The SMILES string of the molecule is Br.CC(=CC(=O)N1CCN(Cc2ccc(CCOc3ccc(C)cc3)cc2)CC1)c1cc(C)c(Oc2ccc(OCc3ccccc3Cl)cn2)c(Cl)c1. The zero-order valence-electron chi connectivity index (χ0n) is 30.2. The molecular weight excluding hydrogens is 773 g/mol. The van der Waals surface area contributed by atoms with Crippen molar-refractivity contribution in [2.24, 2.45) is 0 Å². The van der Waals surface area contributed by atoms with Gasteiger partial charge in [0.2, 0.25) is 11.8 Å². The first-order valence-corrected chi connectivity index (χ1v) is 18.2. The average molecular weight is 818 g/mol. The van der Waals surface area contributed by atoms with Crippen molar-refractivity contribution in [3.8, 4) is 23.1 Å². The number of aromatic nitrogens is 1. The highest BCUT2D eigenvalue weighted by Crippen LogP contribution is 2.35. The van der Waals surface area contributed by atoms with Gasteiger partial charge in [0.25, 0.3) is 0 Å². The van der Waals surface area contributed by atoms with E-state index in [-0.39, 0.29) is 22.9 Å². The molecule has 6 rings (SSSR count). The molecule has 1 aromatic heterocycles. The molecule has 5 aromatic rings. The van der Waals surface area contributed by atoms with E-state index in [0.29, 0.717) is 53.7 Å². The fourth-order valence-electron chi connectivity index (χ4n) is 5.96. The third-order valence-electron chi connectivity index (χ3n) is 9.09. The van der Waals surface area contributed by atoms with E-state index in [9.17, 15) is 4.79 Å². The van der Waals surface area contributed by atoms with Gasteiger partial charge in [0, 0.05) is 61.9 Å². The molecule has 10 heteroatoms. The lowest BCUT2D eigenvalue weighted by molar-refractivity contribution is -0.127. The average Bonchev–Trinajstić information content (AvgIpc) is 3.15. The van der Waals surface area contributed by atoms with Gasteiger partial charge >= 0.3 is 0 Å². The molecule has 4 aromatic carbocycles. The Morgan fingerprint density at radius 3 is 2.19 bits per heavy atom. The minimum atomic E-state index is 0. The van der Waals surface area contributed by atoms with Crippen molar-refractivity contribution < 1.29 is 19.0 Å². The Morgan fingerprint density at radius 1 is 0.811 bits per heavy atom. The summed E-state index contributed by atoms with van der Waals surface area (Å²) in [6, 6.07) is 31.8. The zero-order valence-corrected chi connectivity index (χ0v) is 33.4. The number of ether oxygens (including phenoxy) is 3. The van der Waals surface area contributed by atoms with E-state index in [2.05, 4.69) is 53.2 Å². The summed E-state index contributed by atoms with van der Waals surface area (Å²) in [7, 11) is 0. The standard InChI is InChI=1S/C43H43Cl2N3O4.BrH/c1-30-8-14-37(15-9-30)50-23-18-33-10-12-34(13-11-33)28-47-19-21-48(22-20-47)42(49)25-31(2)36-24-32(3)43(40(45)26-36)52-41-17-16-38(27-46-41)51-29-35-6-4-5-7-39(35)44;/h4-17,24-27H,18-23,28-29H2,1-3H3;1H. The molecule has 0 radical (unpaired) electrons. The van der Waals surface area contributed by atoms with Gasteiger partial charge in [0.05, 0.1) is 17.8 Å². The van der Waals surface area contributed by atoms with E-state index in [0.717, 1.165) is 54.1 Å². The second-order valence-corrected chi connectivity index (χ2v) is 13.9. The molecule has 0 unspecified atom stereocenters. The van der Waals surface area contributed by atoms with E-state index in [1.165, 1.54) is 16.7 Å². The molecule has 276 valence electrons. The van der Waals surface area contributed by atoms with Crippen molar-refractivity contribution in [2.45, 2.75) is 40.3 Å². The molecule has 0 bridgehead atoms. The number of rotatable bonds is 13. The highest BCUT2D eigenvalue weighted by atomic mass is 79.9. The van der Waals surface area contributed by atoms with Crippen LogP contribution in [0.4, 0.5) is 0 Å². The Balaban J connectivity index is 0.00000541. The number of amides is 1. The number of hydrogen-bond donors (Lipinski definition) is 0. The molecule has 1 saturated heterocycles. The number of nitrogens with zero attached hydrogens (tertiary/aromatic N) is 3. The molecule has 0 spiro atoms. The van der Waals surface area contributed by atoms with Gasteiger partial charge in [-0.2, -0.15) is 0 Å². The number of carbonyl (C=O) groups excluding carboxylic acids is 1. The van der Waals surface area contributed by atoms with E-state index >= 15 is 0 Å². The number of aryl methyl sites for hydroxylation is 2. The van der Waals surface area contributed by atoms with Gasteiger partial charge in [-0.3, -0.25) is 9.69 Å².